The normalized spacial score (nSPS) is 10.9. The topological polar surface area (TPSA) is 112 Å². The van der Waals surface area contributed by atoms with Crippen molar-refractivity contribution in [3.8, 4) is 11.4 Å². The van der Waals surface area contributed by atoms with Gasteiger partial charge < -0.3 is 0 Å². The average molecular weight is 333 g/mol. The number of carbonyl (C=O) groups excluding carboxylic acids is 1. The molecule has 4 aromatic rings. The van der Waals surface area contributed by atoms with E-state index in [0.29, 0.717) is 18.7 Å². The Hall–Kier alpha value is -3.55. The van der Waals surface area contributed by atoms with Crippen LogP contribution in [-0.4, -0.2) is 36.3 Å². The fourth-order valence-electron chi connectivity index (χ4n) is 2.55. The van der Waals surface area contributed by atoms with Crippen molar-refractivity contribution in [2.45, 2.75) is 12.8 Å². The third-order valence-corrected chi connectivity index (χ3v) is 3.84. The molecule has 124 valence electrons. The molecule has 4 rings (SSSR count). The number of aryl methyl sites for hydroxylation is 1. The van der Waals surface area contributed by atoms with Crippen LogP contribution in [0.3, 0.4) is 0 Å². The molecular formula is C17H15N7O. The van der Waals surface area contributed by atoms with E-state index in [2.05, 4.69) is 35.7 Å². The van der Waals surface area contributed by atoms with Gasteiger partial charge in [-0.1, -0.05) is 6.07 Å². The minimum Gasteiger partial charge on any atom is -0.293 e. The van der Waals surface area contributed by atoms with Crippen LogP contribution >= 0.6 is 0 Å². The third kappa shape index (κ3) is 3.37. The Bertz CT molecular complexity index is 1010. The van der Waals surface area contributed by atoms with Gasteiger partial charge in [-0.15, -0.1) is 5.10 Å². The number of aromatic amines is 2. The first-order chi connectivity index (χ1) is 12.3. The lowest BCUT2D eigenvalue weighted by Gasteiger charge is -2.02. The first-order valence-corrected chi connectivity index (χ1v) is 7.82. The average Bonchev–Trinajstić information content (AvgIpc) is 3.29. The van der Waals surface area contributed by atoms with Gasteiger partial charge in [0.05, 0.1) is 11.7 Å². The van der Waals surface area contributed by atoms with E-state index >= 15 is 0 Å². The monoisotopic (exact) mass is 333 g/mol. The molecule has 0 saturated heterocycles. The van der Waals surface area contributed by atoms with Crippen molar-refractivity contribution in [2.24, 2.45) is 0 Å². The molecular weight excluding hydrogens is 318 g/mol. The summed E-state index contributed by atoms with van der Waals surface area (Å²) in [5.74, 6) is 0.720. The molecule has 0 radical (unpaired) electrons. The highest BCUT2D eigenvalue weighted by atomic mass is 16.1. The zero-order valence-corrected chi connectivity index (χ0v) is 13.2. The van der Waals surface area contributed by atoms with Gasteiger partial charge in [0.1, 0.15) is 0 Å². The second-order valence-corrected chi connectivity index (χ2v) is 5.58. The highest BCUT2D eigenvalue weighted by molar-refractivity contribution is 5.89. The van der Waals surface area contributed by atoms with Crippen molar-refractivity contribution in [2.75, 3.05) is 5.32 Å². The number of anilines is 1. The molecule has 0 aliphatic carbocycles. The van der Waals surface area contributed by atoms with Crippen LogP contribution in [0.5, 0.6) is 0 Å². The van der Waals surface area contributed by atoms with Gasteiger partial charge in [-0.2, -0.15) is 10.1 Å². The van der Waals surface area contributed by atoms with Gasteiger partial charge in [-0.05, 0) is 36.2 Å². The Kier molecular flexibility index (Phi) is 3.91. The molecule has 25 heavy (non-hydrogen) atoms. The Labute approximate surface area is 142 Å². The number of hydrogen-bond donors (Lipinski definition) is 3. The third-order valence-electron chi connectivity index (χ3n) is 3.84. The molecule has 3 heterocycles. The van der Waals surface area contributed by atoms with E-state index in [1.165, 1.54) is 0 Å². The van der Waals surface area contributed by atoms with Crippen molar-refractivity contribution >= 4 is 22.8 Å². The number of hydrogen-bond acceptors (Lipinski definition) is 5. The summed E-state index contributed by atoms with van der Waals surface area (Å²) in [7, 11) is 0. The number of pyridine rings is 1. The van der Waals surface area contributed by atoms with Gasteiger partial charge in [-0.25, -0.2) is 0 Å². The van der Waals surface area contributed by atoms with Crippen LogP contribution in [0.4, 0.5) is 5.95 Å². The van der Waals surface area contributed by atoms with Crippen LogP contribution in [0, 0.1) is 0 Å². The van der Waals surface area contributed by atoms with E-state index in [1.807, 2.05) is 30.3 Å². The molecule has 0 bridgehead atoms. The van der Waals surface area contributed by atoms with E-state index in [-0.39, 0.29) is 11.9 Å². The summed E-state index contributed by atoms with van der Waals surface area (Å²) in [5.41, 5.74) is 2.92. The summed E-state index contributed by atoms with van der Waals surface area (Å²) in [6, 6.07) is 9.62. The summed E-state index contributed by atoms with van der Waals surface area (Å²) in [6.45, 7) is 0. The molecule has 1 aromatic carbocycles. The number of amides is 1. The molecule has 0 spiro atoms. The molecule has 3 N–H and O–H groups in total. The summed E-state index contributed by atoms with van der Waals surface area (Å²) in [4.78, 5) is 20.3. The van der Waals surface area contributed by atoms with Gasteiger partial charge in [0.25, 0.3) is 0 Å². The van der Waals surface area contributed by atoms with E-state index < -0.39 is 0 Å². The first-order valence-electron chi connectivity index (χ1n) is 7.82. The fourth-order valence-corrected chi connectivity index (χ4v) is 2.55. The van der Waals surface area contributed by atoms with Crippen molar-refractivity contribution in [1.82, 2.24) is 30.4 Å². The van der Waals surface area contributed by atoms with E-state index in [1.54, 1.807) is 18.6 Å². The van der Waals surface area contributed by atoms with E-state index in [9.17, 15) is 4.79 Å². The van der Waals surface area contributed by atoms with Crippen LogP contribution < -0.4 is 5.32 Å². The van der Waals surface area contributed by atoms with E-state index in [4.69, 9.17) is 0 Å². The maximum Gasteiger partial charge on any atom is 0.249 e. The molecule has 0 saturated carbocycles. The smallest absolute Gasteiger partial charge is 0.249 e. The minimum atomic E-state index is -0.132. The standard InChI is InChI=1S/C17H15N7O/c25-15(4-2-11-1-3-14-13(9-11)10-19-22-14)20-17-21-16(23-24-17)12-5-7-18-8-6-12/h1,3,5-10H,2,4H2,(H,19,22)(H2,20,21,23,24,25). The first kappa shape index (κ1) is 15.0. The van der Waals surface area contributed by atoms with Crippen molar-refractivity contribution in [1.29, 1.82) is 0 Å². The summed E-state index contributed by atoms with van der Waals surface area (Å²) < 4.78 is 0. The fraction of sp³-hybridized carbons (Fsp3) is 0.118. The van der Waals surface area contributed by atoms with Gasteiger partial charge >= 0.3 is 0 Å². The summed E-state index contributed by atoms with van der Waals surface area (Å²) in [5, 5.41) is 17.5. The van der Waals surface area contributed by atoms with Gasteiger partial charge in [0.15, 0.2) is 5.82 Å². The molecule has 0 aliphatic heterocycles. The van der Waals surface area contributed by atoms with Crippen LogP contribution in [0.25, 0.3) is 22.3 Å². The number of nitrogens with one attached hydrogen (secondary N) is 3. The molecule has 3 aromatic heterocycles. The van der Waals surface area contributed by atoms with Crippen LogP contribution in [0.2, 0.25) is 0 Å². The molecule has 0 atom stereocenters. The van der Waals surface area contributed by atoms with Crippen molar-refractivity contribution in [3.05, 3.63) is 54.5 Å². The molecule has 8 nitrogen and oxygen atoms in total. The Morgan fingerprint density at radius 2 is 2.00 bits per heavy atom. The highest BCUT2D eigenvalue weighted by Crippen LogP contribution is 2.16. The molecule has 1 amide bonds. The summed E-state index contributed by atoms with van der Waals surface area (Å²) in [6.07, 6.45) is 6.10. The second kappa shape index (κ2) is 6.52. The number of nitrogens with zero attached hydrogens (tertiary/aromatic N) is 4. The van der Waals surface area contributed by atoms with Crippen LogP contribution in [0.1, 0.15) is 12.0 Å². The maximum absolute atomic E-state index is 12.1. The predicted molar refractivity (Wildman–Crippen MR) is 92.7 cm³/mol. The van der Waals surface area contributed by atoms with Gasteiger partial charge in [-0.3, -0.25) is 25.3 Å². The molecule has 0 fully saturated rings. The molecule has 0 aliphatic rings. The number of benzene rings is 1. The number of aromatic nitrogens is 6. The van der Waals surface area contributed by atoms with Gasteiger partial charge in [0, 0.05) is 29.8 Å². The Balaban J connectivity index is 1.36. The SMILES string of the molecule is O=C(CCc1ccc2[nH]ncc2c1)Nc1n[nH]c(-c2ccncc2)n1. The number of H-pyrrole nitrogens is 2. The largest absolute Gasteiger partial charge is 0.293 e. The lowest BCUT2D eigenvalue weighted by atomic mass is 10.1. The number of rotatable bonds is 5. The van der Waals surface area contributed by atoms with Crippen LogP contribution in [0.15, 0.2) is 48.9 Å². The van der Waals surface area contributed by atoms with Crippen molar-refractivity contribution < 1.29 is 4.79 Å². The number of fused-ring (bicyclic) bond motifs is 1. The lowest BCUT2D eigenvalue weighted by molar-refractivity contribution is -0.116. The second-order valence-electron chi connectivity index (χ2n) is 5.58. The number of carbonyl (C=O) groups is 1. The zero-order chi connectivity index (χ0) is 17.1. The molecule has 0 unspecified atom stereocenters. The lowest BCUT2D eigenvalue weighted by Crippen LogP contribution is -2.13. The van der Waals surface area contributed by atoms with Crippen molar-refractivity contribution in [3.63, 3.8) is 0 Å². The Morgan fingerprint density at radius 1 is 1.12 bits per heavy atom. The zero-order valence-electron chi connectivity index (χ0n) is 13.2. The van der Waals surface area contributed by atoms with Gasteiger partial charge in [0.2, 0.25) is 11.9 Å². The summed E-state index contributed by atoms with van der Waals surface area (Å²) >= 11 is 0. The quantitative estimate of drug-likeness (QED) is 0.519. The molecule has 8 heteroatoms. The van der Waals surface area contributed by atoms with Crippen LogP contribution in [-0.2, 0) is 11.2 Å². The highest BCUT2D eigenvalue weighted by Gasteiger charge is 2.09. The Morgan fingerprint density at radius 3 is 2.88 bits per heavy atom. The van der Waals surface area contributed by atoms with E-state index in [0.717, 1.165) is 22.0 Å². The predicted octanol–water partition coefficient (Wildman–Crippen LogP) is 2.31. The maximum atomic E-state index is 12.1. The minimum absolute atomic E-state index is 0.132.